The van der Waals surface area contributed by atoms with Crippen molar-refractivity contribution in [3.63, 3.8) is 0 Å². The van der Waals surface area contributed by atoms with Crippen LogP contribution in [0.3, 0.4) is 0 Å². The van der Waals surface area contributed by atoms with Gasteiger partial charge in [0.15, 0.2) is 5.65 Å². The van der Waals surface area contributed by atoms with Gasteiger partial charge < -0.3 is 35.7 Å². The Kier molecular flexibility index (Phi) is 10.1. The maximum atomic E-state index is 9.00. The van der Waals surface area contributed by atoms with Crippen molar-refractivity contribution in [1.29, 1.82) is 0 Å². The van der Waals surface area contributed by atoms with Crippen LogP contribution in [0, 0.1) is 0 Å². The molecule has 0 radical (unpaired) electrons. The Hall–Kier alpha value is -5.17. The highest BCUT2D eigenvalue weighted by atomic mass is 16.5. The minimum atomic E-state index is -0.833. The molecule has 0 atom stereocenters. The van der Waals surface area contributed by atoms with Gasteiger partial charge in [-0.2, -0.15) is 5.10 Å². The van der Waals surface area contributed by atoms with Crippen molar-refractivity contribution in [3.05, 3.63) is 60.6 Å². The molecule has 0 spiro atoms. The number of aliphatic carboxylic acids is 2. The topological polar surface area (TPSA) is 191 Å². The lowest BCUT2D eigenvalue weighted by Crippen LogP contribution is -2.30. The van der Waals surface area contributed by atoms with Crippen LogP contribution in [0.4, 0.5) is 11.5 Å². The first-order chi connectivity index (χ1) is 20.7. The number of ether oxygens (including phenoxy) is 1. The molecule has 4 heterocycles. The molecule has 5 aromatic rings. The first-order valence-electron chi connectivity index (χ1n) is 13.7. The summed E-state index contributed by atoms with van der Waals surface area (Å²) in [6.45, 7) is 4.63. The van der Waals surface area contributed by atoms with E-state index in [-0.39, 0.29) is 6.04 Å². The molecule has 3 aromatic heterocycles. The van der Waals surface area contributed by atoms with E-state index in [4.69, 9.17) is 39.8 Å². The van der Waals surface area contributed by atoms with Gasteiger partial charge in [-0.25, -0.2) is 14.6 Å². The zero-order valence-electron chi connectivity index (χ0n) is 24.2. The van der Waals surface area contributed by atoms with Crippen LogP contribution in [0.15, 0.2) is 59.3 Å². The fourth-order valence-corrected chi connectivity index (χ4v) is 4.79. The Balaban J connectivity index is 0.000000474. The zero-order valence-corrected chi connectivity index (χ0v) is 24.2. The highest BCUT2D eigenvalue weighted by Crippen LogP contribution is 2.37. The van der Waals surface area contributed by atoms with Gasteiger partial charge in [0.2, 0.25) is 0 Å². The SMILES string of the molecule is CC(=O)O.CC(=O)O.COc1cc(-c2nn(C3CCNCC3)c3ncnc(N)c23)ccc1NCc1cc2ccccc2o1. The van der Waals surface area contributed by atoms with Crippen LogP contribution in [0.25, 0.3) is 33.3 Å². The molecule has 6 rings (SSSR count). The van der Waals surface area contributed by atoms with Gasteiger partial charge in [0.05, 0.1) is 30.8 Å². The van der Waals surface area contributed by atoms with Gasteiger partial charge >= 0.3 is 0 Å². The second-order valence-electron chi connectivity index (χ2n) is 9.79. The average Bonchev–Trinajstić information content (AvgIpc) is 3.58. The quantitative estimate of drug-likeness (QED) is 0.186. The number of carboxylic acid groups (broad SMARTS) is 2. The molecule has 13 nitrogen and oxygen atoms in total. The van der Waals surface area contributed by atoms with E-state index in [1.807, 2.05) is 53.2 Å². The van der Waals surface area contributed by atoms with E-state index < -0.39 is 11.9 Å². The Morgan fingerprint density at radius 1 is 1.09 bits per heavy atom. The lowest BCUT2D eigenvalue weighted by Gasteiger charge is -2.23. The van der Waals surface area contributed by atoms with E-state index in [1.54, 1.807) is 7.11 Å². The minimum Gasteiger partial charge on any atom is -0.495 e. The summed E-state index contributed by atoms with van der Waals surface area (Å²) in [5, 5.41) is 28.5. The van der Waals surface area contributed by atoms with Crippen LogP contribution in [0.2, 0.25) is 0 Å². The molecule has 43 heavy (non-hydrogen) atoms. The third-order valence-electron chi connectivity index (χ3n) is 6.58. The van der Waals surface area contributed by atoms with Crippen molar-refractivity contribution in [2.24, 2.45) is 0 Å². The number of aromatic nitrogens is 4. The van der Waals surface area contributed by atoms with Gasteiger partial charge in [0, 0.05) is 24.8 Å². The van der Waals surface area contributed by atoms with E-state index >= 15 is 0 Å². The van der Waals surface area contributed by atoms with Gasteiger partial charge in [0.1, 0.15) is 34.9 Å². The molecule has 1 aliphatic heterocycles. The molecule has 2 aromatic carbocycles. The molecule has 0 bridgehead atoms. The molecule has 0 amide bonds. The van der Waals surface area contributed by atoms with Crippen molar-refractivity contribution >= 4 is 45.4 Å². The van der Waals surface area contributed by atoms with Crippen molar-refractivity contribution in [2.45, 2.75) is 39.3 Å². The van der Waals surface area contributed by atoms with Gasteiger partial charge in [0.25, 0.3) is 11.9 Å². The molecule has 226 valence electrons. The van der Waals surface area contributed by atoms with E-state index in [0.717, 1.165) is 84.5 Å². The van der Waals surface area contributed by atoms with Gasteiger partial charge in [-0.05, 0) is 50.2 Å². The van der Waals surface area contributed by atoms with E-state index in [2.05, 4.69) is 20.6 Å². The summed E-state index contributed by atoms with van der Waals surface area (Å²) in [6.07, 6.45) is 3.49. The van der Waals surface area contributed by atoms with Gasteiger partial charge in [-0.1, -0.05) is 24.3 Å². The van der Waals surface area contributed by atoms with Crippen LogP contribution in [0.5, 0.6) is 5.75 Å². The number of methoxy groups -OCH3 is 1. The molecule has 0 unspecified atom stereocenters. The monoisotopic (exact) mass is 589 g/mol. The first kappa shape index (κ1) is 30.8. The number of carboxylic acids is 2. The average molecular weight is 590 g/mol. The minimum absolute atomic E-state index is 0.272. The number of nitrogens with one attached hydrogen (secondary N) is 2. The third-order valence-corrected chi connectivity index (χ3v) is 6.58. The molecule has 6 N–H and O–H groups in total. The first-order valence-corrected chi connectivity index (χ1v) is 13.7. The maximum absolute atomic E-state index is 9.00. The number of hydrogen-bond donors (Lipinski definition) is 5. The number of nitrogens with two attached hydrogens (primary N) is 1. The van der Waals surface area contributed by atoms with Crippen LogP contribution in [-0.2, 0) is 16.1 Å². The molecule has 13 heteroatoms. The highest BCUT2D eigenvalue weighted by molar-refractivity contribution is 5.98. The number of piperidine rings is 1. The predicted octanol–water partition coefficient (Wildman–Crippen LogP) is 4.55. The summed E-state index contributed by atoms with van der Waals surface area (Å²) >= 11 is 0. The molecular weight excluding hydrogens is 554 g/mol. The Bertz CT molecular complexity index is 1660. The van der Waals surface area contributed by atoms with Crippen LogP contribution >= 0.6 is 0 Å². The second-order valence-corrected chi connectivity index (χ2v) is 9.79. The lowest BCUT2D eigenvalue weighted by molar-refractivity contribution is -0.135. The van der Waals surface area contributed by atoms with Crippen molar-refractivity contribution in [1.82, 2.24) is 25.1 Å². The number of hydrogen-bond acceptors (Lipinski definition) is 10. The Morgan fingerprint density at radius 2 is 1.79 bits per heavy atom. The van der Waals surface area contributed by atoms with Crippen molar-refractivity contribution < 1.29 is 29.0 Å². The molecule has 0 saturated carbocycles. The van der Waals surface area contributed by atoms with E-state index in [0.29, 0.717) is 18.1 Å². The van der Waals surface area contributed by atoms with Gasteiger partial charge in [-0.15, -0.1) is 0 Å². The number of rotatable bonds is 6. The van der Waals surface area contributed by atoms with Crippen LogP contribution in [-0.4, -0.2) is 62.1 Å². The third kappa shape index (κ3) is 7.77. The zero-order chi connectivity index (χ0) is 30.9. The molecule has 1 aliphatic rings. The normalized spacial score (nSPS) is 13.0. The summed E-state index contributed by atoms with van der Waals surface area (Å²) in [5.41, 5.74) is 10.5. The number of furan rings is 1. The number of para-hydroxylation sites is 1. The van der Waals surface area contributed by atoms with Crippen molar-refractivity contribution in [2.75, 3.05) is 31.2 Å². The Morgan fingerprint density at radius 3 is 2.47 bits per heavy atom. The summed E-state index contributed by atoms with van der Waals surface area (Å²) in [4.78, 5) is 26.8. The van der Waals surface area contributed by atoms with Crippen LogP contribution in [0.1, 0.15) is 38.5 Å². The number of nitrogens with zero attached hydrogens (tertiary/aromatic N) is 4. The smallest absolute Gasteiger partial charge is 0.300 e. The van der Waals surface area contributed by atoms with E-state index in [9.17, 15) is 0 Å². The molecular formula is C30H35N7O6. The van der Waals surface area contributed by atoms with Gasteiger partial charge in [-0.3, -0.25) is 9.59 Å². The number of carbonyl (C=O) groups is 2. The number of fused-ring (bicyclic) bond motifs is 2. The number of benzene rings is 2. The van der Waals surface area contributed by atoms with Crippen molar-refractivity contribution in [3.8, 4) is 17.0 Å². The Labute approximate surface area is 247 Å². The number of nitrogen functional groups attached to an aromatic ring is 1. The summed E-state index contributed by atoms with van der Waals surface area (Å²) < 4.78 is 13.7. The van der Waals surface area contributed by atoms with Crippen LogP contribution < -0.4 is 21.1 Å². The predicted molar refractivity (Wildman–Crippen MR) is 163 cm³/mol. The largest absolute Gasteiger partial charge is 0.495 e. The maximum Gasteiger partial charge on any atom is 0.300 e. The van der Waals surface area contributed by atoms with E-state index in [1.165, 1.54) is 6.33 Å². The molecule has 1 saturated heterocycles. The fraction of sp³-hybridized carbons (Fsp3) is 0.300. The molecule has 1 fully saturated rings. The second kappa shape index (κ2) is 14.1. The summed E-state index contributed by atoms with van der Waals surface area (Å²) in [7, 11) is 1.66. The molecule has 0 aliphatic carbocycles. The summed E-state index contributed by atoms with van der Waals surface area (Å²) in [6, 6.07) is 16.3. The fourth-order valence-electron chi connectivity index (χ4n) is 4.79. The number of anilines is 2. The highest BCUT2D eigenvalue weighted by Gasteiger charge is 2.24. The summed E-state index contributed by atoms with van der Waals surface area (Å²) in [5.74, 6) is 0.323. The lowest BCUT2D eigenvalue weighted by atomic mass is 10.1. The standard InChI is InChI=1S/C26H27N7O2.2C2H4O2/c1-34-22-13-17(6-7-20(22)29-14-19-12-16-4-2-3-5-21(16)35-19)24-23-25(27)30-15-31-26(23)33(32-24)18-8-10-28-11-9-18;2*1-2(3)4/h2-7,12-13,15,18,28-29H,8-11,14H2,1H3,(H2,27,30,31);2*1H3,(H,3,4).